The normalized spacial score (nSPS) is 15.2. The van der Waals surface area contributed by atoms with Gasteiger partial charge in [-0.1, -0.05) is 0 Å². The van der Waals surface area contributed by atoms with Crippen molar-refractivity contribution >= 4 is 11.9 Å². The number of methoxy groups -OCH3 is 3. The Kier molecular flexibility index (Phi) is 5.76. The van der Waals surface area contributed by atoms with Crippen molar-refractivity contribution in [2.24, 2.45) is 0 Å². The molecular formula is C20H21NO8. The number of ether oxygens (including phenoxy) is 5. The van der Waals surface area contributed by atoms with Crippen molar-refractivity contribution in [3.8, 4) is 23.0 Å². The fourth-order valence-electron chi connectivity index (χ4n) is 3.33. The summed E-state index contributed by atoms with van der Waals surface area (Å²) in [5, 5.41) is 0. The summed E-state index contributed by atoms with van der Waals surface area (Å²) in [4.78, 5) is 39.7. The Hall–Kier alpha value is -3.49. The number of hydrogen-bond donors (Lipinski definition) is 1. The van der Waals surface area contributed by atoms with Crippen LogP contribution >= 0.6 is 0 Å². The molecule has 0 bridgehead atoms. The van der Waals surface area contributed by atoms with Gasteiger partial charge in [-0.15, -0.1) is 0 Å². The molecule has 9 nitrogen and oxygen atoms in total. The summed E-state index contributed by atoms with van der Waals surface area (Å²) in [6.45, 7) is 1.79. The third kappa shape index (κ3) is 3.63. The van der Waals surface area contributed by atoms with Crippen molar-refractivity contribution in [2.75, 3.05) is 27.9 Å². The van der Waals surface area contributed by atoms with Crippen molar-refractivity contribution < 1.29 is 33.3 Å². The lowest BCUT2D eigenvalue weighted by atomic mass is 9.86. The molecule has 1 aromatic carbocycles. The third-order valence-electron chi connectivity index (χ3n) is 4.60. The SMILES string of the molecule is CCOC(=O)c1c[nH]c(=O)c2c1OC(=O)CC2c1cc(OC)c(OC)c(OC)c1. The van der Waals surface area contributed by atoms with E-state index in [1.54, 1.807) is 19.1 Å². The Morgan fingerprint density at radius 1 is 1.14 bits per heavy atom. The zero-order valence-electron chi connectivity index (χ0n) is 16.5. The number of benzene rings is 1. The second kappa shape index (κ2) is 8.26. The Bertz CT molecular complexity index is 985. The molecule has 2 heterocycles. The van der Waals surface area contributed by atoms with Gasteiger partial charge >= 0.3 is 11.9 Å². The lowest BCUT2D eigenvalue weighted by Gasteiger charge is -2.26. The third-order valence-corrected chi connectivity index (χ3v) is 4.60. The van der Waals surface area contributed by atoms with Gasteiger partial charge in [-0.25, -0.2) is 4.79 Å². The van der Waals surface area contributed by atoms with Gasteiger partial charge in [-0.3, -0.25) is 9.59 Å². The molecule has 2 aromatic rings. The number of aromatic amines is 1. The number of carbonyl (C=O) groups excluding carboxylic acids is 2. The maximum Gasteiger partial charge on any atom is 0.343 e. The summed E-state index contributed by atoms with van der Waals surface area (Å²) in [5.74, 6) is -0.918. The van der Waals surface area contributed by atoms with Gasteiger partial charge in [0.25, 0.3) is 5.56 Å². The number of rotatable bonds is 6. The number of fused-ring (bicyclic) bond motifs is 1. The topological polar surface area (TPSA) is 113 Å². The van der Waals surface area contributed by atoms with Crippen LogP contribution < -0.4 is 24.5 Å². The molecule has 0 saturated heterocycles. The standard InChI is InChI=1S/C20H21NO8/c1-5-28-20(24)12-9-21-19(23)16-11(8-15(22)29-17(12)16)10-6-13(25-2)18(27-4)14(7-10)26-3/h6-7,9,11H,5,8H2,1-4H3,(H,21,23). The van der Waals surface area contributed by atoms with Crippen LogP contribution in [0.3, 0.4) is 0 Å². The summed E-state index contributed by atoms with van der Waals surface area (Å²) in [7, 11) is 4.41. The lowest BCUT2D eigenvalue weighted by molar-refractivity contribution is -0.135. The Morgan fingerprint density at radius 2 is 1.79 bits per heavy atom. The second-order valence-corrected chi connectivity index (χ2v) is 6.18. The molecule has 3 rings (SSSR count). The minimum atomic E-state index is -0.696. The quantitative estimate of drug-likeness (QED) is 0.729. The molecule has 1 N–H and O–H groups in total. The van der Waals surface area contributed by atoms with E-state index >= 15 is 0 Å². The Balaban J connectivity index is 2.22. The van der Waals surface area contributed by atoms with Crippen molar-refractivity contribution in [2.45, 2.75) is 19.3 Å². The minimum absolute atomic E-state index is 0.0214. The van der Waals surface area contributed by atoms with Gasteiger partial charge in [0.2, 0.25) is 5.75 Å². The van der Waals surface area contributed by atoms with E-state index in [1.165, 1.54) is 27.5 Å². The summed E-state index contributed by atoms with van der Waals surface area (Å²) in [6, 6.07) is 3.32. The highest BCUT2D eigenvalue weighted by Crippen LogP contribution is 2.44. The molecule has 0 amide bonds. The molecule has 0 aliphatic carbocycles. The largest absolute Gasteiger partial charge is 0.493 e. The molecule has 0 spiro atoms. The van der Waals surface area contributed by atoms with Gasteiger partial charge in [-0.2, -0.15) is 0 Å². The number of carbonyl (C=O) groups is 2. The molecule has 0 saturated carbocycles. The second-order valence-electron chi connectivity index (χ2n) is 6.18. The first-order valence-corrected chi connectivity index (χ1v) is 8.88. The van der Waals surface area contributed by atoms with Crippen LogP contribution in [-0.4, -0.2) is 44.9 Å². The summed E-state index contributed by atoms with van der Waals surface area (Å²) in [6.07, 6.45) is 1.09. The van der Waals surface area contributed by atoms with Crippen LogP contribution in [0.5, 0.6) is 23.0 Å². The molecule has 1 unspecified atom stereocenters. The van der Waals surface area contributed by atoms with Crippen LogP contribution in [0.2, 0.25) is 0 Å². The zero-order valence-corrected chi connectivity index (χ0v) is 16.5. The van der Waals surface area contributed by atoms with Gasteiger partial charge in [-0.05, 0) is 24.6 Å². The van der Waals surface area contributed by atoms with Crippen LogP contribution in [-0.2, 0) is 9.53 Å². The van der Waals surface area contributed by atoms with E-state index in [0.717, 1.165) is 0 Å². The van der Waals surface area contributed by atoms with E-state index in [1.807, 2.05) is 0 Å². The van der Waals surface area contributed by atoms with Crippen LogP contribution in [0, 0.1) is 0 Å². The smallest absolute Gasteiger partial charge is 0.343 e. The Labute approximate surface area is 166 Å². The fraction of sp³-hybridized carbons (Fsp3) is 0.350. The van der Waals surface area contributed by atoms with Crippen LogP contribution in [0.15, 0.2) is 23.1 Å². The predicted molar refractivity (Wildman–Crippen MR) is 101 cm³/mol. The number of pyridine rings is 1. The van der Waals surface area contributed by atoms with Crippen molar-refractivity contribution in [1.82, 2.24) is 4.98 Å². The molecule has 1 aliphatic rings. The first-order valence-electron chi connectivity index (χ1n) is 8.88. The molecular weight excluding hydrogens is 382 g/mol. The van der Waals surface area contributed by atoms with Crippen molar-refractivity contribution in [3.63, 3.8) is 0 Å². The molecule has 1 aromatic heterocycles. The molecule has 29 heavy (non-hydrogen) atoms. The van der Waals surface area contributed by atoms with E-state index in [4.69, 9.17) is 23.7 Å². The molecule has 154 valence electrons. The van der Waals surface area contributed by atoms with Crippen molar-refractivity contribution in [1.29, 1.82) is 0 Å². The Morgan fingerprint density at radius 3 is 2.34 bits per heavy atom. The fourth-order valence-corrected chi connectivity index (χ4v) is 3.33. The maximum atomic E-state index is 12.6. The molecule has 9 heteroatoms. The maximum absolute atomic E-state index is 12.6. The highest BCUT2D eigenvalue weighted by Gasteiger charge is 2.35. The summed E-state index contributed by atoms with van der Waals surface area (Å²) >= 11 is 0. The lowest BCUT2D eigenvalue weighted by Crippen LogP contribution is -2.30. The number of nitrogens with one attached hydrogen (secondary N) is 1. The van der Waals surface area contributed by atoms with Crippen LogP contribution in [0.25, 0.3) is 0 Å². The highest BCUT2D eigenvalue weighted by atomic mass is 16.6. The van der Waals surface area contributed by atoms with Gasteiger partial charge in [0.05, 0.1) is 39.9 Å². The van der Waals surface area contributed by atoms with Gasteiger partial charge < -0.3 is 28.7 Å². The van der Waals surface area contributed by atoms with Crippen LogP contribution in [0.4, 0.5) is 0 Å². The predicted octanol–water partition coefficient (Wildman–Crippen LogP) is 2.02. The first kappa shape index (κ1) is 20.2. The zero-order chi connectivity index (χ0) is 21.1. The van der Waals surface area contributed by atoms with Crippen molar-refractivity contribution in [3.05, 3.63) is 45.4 Å². The number of hydrogen-bond acceptors (Lipinski definition) is 8. The van der Waals surface area contributed by atoms with Gasteiger partial charge in [0.1, 0.15) is 5.56 Å². The first-order chi connectivity index (χ1) is 13.9. The van der Waals surface area contributed by atoms with E-state index in [-0.39, 0.29) is 29.9 Å². The average molecular weight is 403 g/mol. The van der Waals surface area contributed by atoms with Crippen LogP contribution in [0.1, 0.15) is 40.7 Å². The van der Waals surface area contributed by atoms with Gasteiger partial charge in [0.15, 0.2) is 17.2 Å². The summed E-state index contributed by atoms with van der Waals surface area (Å²) in [5.41, 5.74) is 0.236. The van der Waals surface area contributed by atoms with E-state index < -0.39 is 23.4 Å². The molecule has 0 fully saturated rings. The minimum Gasteiger partial charge on any atom is -0.493 e. The molecule has 0 radical (unpaired) electrons. The monoisotopic (exact) mass is 403 g/mol. The average Bonchev–Trinajstić information content (AvgIpc) is 2.72. The number of aromatic nitrogens is 1. The van der Waals surface area contributed by atoms with E-state index in [0.29, 0.717) is 22.8 Å². The highest BCUT2D eigenvalue weighted by molar-refractivity contribution is 5.94. The molecule has 1 aliphatic heterocycles. The van der Waals surface area contributed by atoms with E-state index in [9.17, 15) is 14.4 Å². The van der Waals surface area contributed by atoms with E-state index in [2.05, 4.69) is 4.98 Å². The number of H-pyrrole nitrogens is 1. The molecule has 1 atom stereocenters. The summed E-state index contributed by atoms with van der Waals surface area (Å²) < 4.78 is 26.3. The van der Waals surface area contributed by atoms with Gasteiger partial charge in [0, 0.05) is 12.1 Å². The number of esters is 2.